The van der Waals surface area contributed by atoms with E-state index < -0.39 is 10.8 Å². The lowest BCUT2D eigenvalue weighted by Gasteiger charge is -2.40. The summed E-state index contributed by atoms with van der Waals surface area (Å²) in [6, 6.07) is 0. The van der Waals surface area contributed by atoms with Crippen LogP contribution >= 0.6 is 0 Å². The molecule has 2 rings (SSSR count). The molecule has 1 aliphatic rings. The molecule has 1 saturated heterocycles. The minimum atomic E-state index is -0.707. The quantitative estimate of drug-likeness (QED) is 0.855. The molecule has 0 spiro atoms. The van der Waals surface area contributed by atoms with E-state index in [2.05, 4.69) is 49.8 Å². The van der Waals surface area contributed by atoms with Gasteiger partial charge in [-0.05, 0) is 33.6 Å². The smallest absolute Gasteiger partial charge is 0.0967 e. The Morgan fingerprint density at radius 3 is 2.52 bits per heavy atom. The van der Waals surface area contributed by atoms with Gasteiger partial charge in [0.1, 0.15) is 0 Å². The van der Waals surface area contributed by atoms with Gasteiger partial charge in [0, 0.05) is 36.2 Å². The molecule has 0 aromatic carbocycles. The Hall–Kier alpha value is -0.750. The first-order valence-corrected chi connectivity index (χ1v) is 9.15. The molecule has 2 heterocycles. The molecule has 5 nitrogen and oxygen atoms in total. The molecule has 120 valence electrons. The zero-order valence-corrected chi connectivity index (χ0v) is 14.7. The Labute approximate surface area is 130 Å². The largest absolute Gasteiger partial charge is 0.295 e. The van der Waals surface area contributed by atoms with Crippen LogP contribution in [0.3, 0.4) is 0 Å². The summed E-state index contributed by atoms with van der Waals surface area (Å²) in [6.45, 7) is 13.3. The summed E-state index contributed by atoms with van der Waals surface area (Å²) in [7, 11) is -0.707. The lowest BCUT2D eigenvalue weighted by Crippen LogP contribution is -2.52. The van der Waals surface area contributed by atoms with Crippen molar-refractivity contribution in [3.63, 3.8) is 0 Å². The van der Waals surface area contributed by atoms with Gasteiger partial charge in [-0.1, -0.05) is 19.1 Å². The molecule has 0 bridgehead atoms. The molecule has 0 saturated carbocycles. The van der Waals surface area contributed by atoms with Gasteiger partial charge < -0.3 is 0 Å². The molecule has 6 heteroatoms. The van der Waals surface area contributed by atoms with E-state index in [-0.39, 0.29) is 10.3 Å². The van der Waals surface area contributed by atoms with Crippen molar-refractivity contribution in [2.24, 2.45) is 0 Å². The van der Waals surface area contributed by atoms with Crippen molar-refractivity contribution in [3.05, 3.63) is 11.9 Å². The van der Waals surface area contributed by atoms with Gasteiger partial charge in [0.25, 0.3) is 0 Å². The second kappa shape index (κ2) is 6.16. The van der Waals surface area contributed by atoms with E-state index in [1.165, 1.54) is 0 Å². The highest BCUT2D eigenvalue weighted by atomic mass is 32.2. The first-order chi connectivity index (χ1) is 9.80. The van der Waals surface area contributed by atoms with E-state index >= 15 is 0 Å². The maximum atomic E-state index is 12.4. The zero-order chi connectivity index (χ0) is 15.7. The van der Waals surface area contributed by atoms with Crippen LogP contribution in [-0.2, 0) is 22.9 Å². The summed E-state index contributed by atoms with van der Waals surface area (Å²) in [6.07, 6.45) is 3.98. The highest BCUT2D eigenvalue weighted by Gasteiger charge is 2.38. The van der Waals surface area contributed by atoms with Gasteiger partial charge in [0.2, 0.25) is 0 Å². The number of rotatable bonds is 4. The van der Waals surface area contributed by atoms with Crippen molar-refractivity contribution in [1.29, 1.82) is 0 Å². The van der Waals surface area contributed by atoms with Gasteiger partial charge in [-0.2, -0.15) is 0 Å². The SMILES string of the molecule is CCC1(CC)CN(Cc2cn(C(C)(C)C)nn2)CCS1=O. The highest BCUT2D eigenvalue weighted by Crippen LogP contribution is 2.29. The standard InChI is InChI=1S/C15H28N4OS/c1-6-15(7-2)12-18(8-9-21(15)20)10-13-11-19(17-16-13)14(3,4)5/h11H,6-10,12H2,1-5H3. The summed E-state index contributed by atoms with van der Waals surface area (Å²) in [5.74, 6) is 0.773. The summed E-state index contributed by atoms with van der Waals surface area (Å²) < 4.78 is 14.2. The second-order valence-corrected chi connectivity index (χ2v) is 8.94. The molecular weight excluding hydrogens is 284 g/mol. The lowest BCUT2D eigenvalue weighted by atomic mass is 10.0. The van der Waals surface area contributed by atoms with Crippen molar-refractivity contribution in [2.75, 3.05) is 18.8 Å². The van der Waals surface area contributed by atoms with Crippen LogP contribution in [0.25, 0.3) is 0 Å². The van der Waals surface area contributed by atoms with Crippen molar-refractivity contribution >= 4 is 10.8 Å². The van der Waals surface area contributed by atoms with E-state index in [0.29, 0.717) is 0 Å². The van der Waals surface area contributed by atoms with Gasteiger partial charge in [-0.15, -0.1) is 5.10 Å². The minimum Gasteiger partial charge on any atom is -0.295 e. The molecule has 0 N–H and O–H groups in total. The molecule has 1 atom stereocenters. The second-order valence-electron chi connectivity index (χ2n) is 6.98. The average molecular weight is 312 g/mol. The van der Waals surface area contributed by atoms with Crippen LogP contribution in [0.15, 0.2) is 6.20 Å². The van der Waals surface area contributed by atoms with E-state index in [0.717, 1.165) is 43.9 Å². The van der Waals surface area contributed by atoms with Crippen LogP contribution in [0, 0.1) is 0 Å². The van der Waals surface area contributed by atoms with Crippen LogP contribution in [0.4, 0.5) is 0 Å². The Kier molecular flexibility index (Phi) is 4.88. The Bertz CT molecular complexity index is 502. The summed E-state index contributed by atoms with van der Waals surface area (Å²) in [5.41, 5.74) is 0.962. The van der Waals surface area contributed by atoms with Gasteiger partial charge in [0.05, 0.1) is 22.2 Å². The van der Waals surface area contributed by atoms with Crippen LogP contribution in [0.2, 0.25) is 0 Å². The average Bonchev–Trinajstić information content (AvgIpc) is 2.90. The monoisotopic (exact) mass is 312 g/mol. The van der Waals surface area contributed by atoms with E-state index in [1.807, 2.05) is 10.9 Å². The van der Waals surface area contributed by atoms with Crippen LogP contribution < -0.4 is 0 Å². The predicted molar refractivity (Wildman–Crippen MR) is 86.6 cm³/mol. The molecule has 1 aromatic rings. The molecule has 0 aliphatic carbocycles. The summed E-state index contributed by atoms with van der Waals surface area (Å²) in [4.78, 5) is 2.38. The van der Waals surface area contributed by atoms with Crippen LogP contribution in [-0.4, -0.2) is 47.7 Å². The normalized spacial score (nSPS) is 23.4. The summed E-state index contributed by atoms with van der Waals surface area (Å²) >= 11 is 0. The van der Waals surface area contributed by atoms with Crippen molar-refractivity contribution in [1.82, 2.24) is 19.9 Å². The number of aromatic nitrogens is 3. The maximum Gasteiger partial charge on any atom is 0.0967 e. The molecule has 1 unspecified atom stereocenters. The minimum absolute atomic E-state index is 0.0365. The fraction of sp³-hybridized carbons (Fsp3) is 0.867. The van der Waals surface area contributed by atoms with Crippen LogP contribution in [0.1, 0.15) is 53.2 Å². The van der Waals surface area contributed by atoms with Crippen LogP contribution in [0.5, 0.6) is 0 Å². The van der Waals surface area contributed by atoms with E-state index in [9.17, 15) is 4.21 Å². The van der Waals surface area contributed by atoms with Gasteiger partial charge in [0.15, 0.2) is 0 Å². The van der Waals surface area contributed by atoms with Crippen molar-refractivity contribution in [3.8, 4) is 0 Å². The van der Waals surface area contributed by atoms with E-state index in [1.54, 1.807) is 0 Å². The number of hydrogen-bond acceptors (Lipinski definition) is 4. The Morgan fingerprint density at radius 2 is 2.00 bits per heavy atom. The Balaban J connectivity index is 2.07. The maximum absolute atomic E-state index is 12.4. The van der Waals surface area contributed by atoms with Crippen molar-refractivity contribution < 1.29 is 4.21 Å². The molecule has 0 radical (unpaired) electrons. The topological polar surface area (TPSA) is 51.0 Å². The van der Waals surface area contributed by atoms with Gasteiger partial charge in [-0.25, -0.2) is 4.68 Å². The van der Waals surface area contributed by atoms with Crippen molar-refractivity contribution in [2.45, 2.75) is 64.3 Å². The molecule has 1 fully saturated rings. The fourth-order valence-corrected chi connectivity index (χ4v) is 4.67. The van der Waals surface area contributed by atoms with Gasteiger partial charge >= 0.3 is 0 Å². The molecule has 0 amide bonds. The third kappa shape index (κ3) is 3.54. The van der Waals surface area contributed by atoms with E-state index in [4.69, 9.17) is 0 Å². The molecule has 1 aliphatic heterocycles. The summed E-state index contributed by atoms with van der Waals surface area (Å²) in [5, 5.41) is 8.52. The Morgan fingerprint density at radius 1 is 1.33 bits per heavy atom. The third-order valence-electron chi connectivity index (χ3n) is 4.49. The lowest BCUT2D eigenvalue weighted by molar-refractivity contribution is 0.225. The first-order valence-electron chi connectivity index (χ1n) is 7.83. The molecular formula is C15H28N4OS. The number of hydrogen-bond donors (Lipinski definition) is 0. The molecule has 21 heavy (non-hydrogen) atoms. The predicted octanol–water partition coefficient (Wildman–Crippen LogP) is 2.16. The molecule has 1 aromatic heterocycles. The zero-order valence-electron chi connectivity index (χ0n) is 13.9. The first kappa shape index (κ1) is 16.6. The highest BCUT2D eigenvalue weighted by molar-refractivity contribution is 7.86. The number of nitrogens with zero attached hydrogens (tertiary/aromatic N) is 4. The van der Waals surface area contributed by atoms with Gasteiger partial charge in [-0.3, -0.25) is 9.11 Å². The fourth-order valence-electron chi connectivity index (χ4n) is 2.85. The third-order valence-corrected chi connectivity index (χ3v) is 6.72.